The number of aromatic nitrogens is 2. The van der Waals surface area contributed by atoms with Crippen molar-refractivity contribution >= 4 is 29.2 Å². The van der Waals surface area contributed by atoms with Crippen LogP contribution in [0.4, 0.5) is 27.9 Å². The van der Waals surface area contributed by atoms with Gasteiger partial charge in [-0.15, -0.1) is 0 Å². The minimum absolute atomic E-state index is 0.0516. The van der Waals surface area contributed by atoms with Gasteiger partial charge in [0, 0.05) is 36.2 Å². The molecule has 0 saturated carbocycles. The fourth-order valence-corrected chi connectivity index (χ4v) is 3.85. The minimum atomic E-state index is -0.0516. The van der Waals surface area contributed by atoms with Crippen molar-refractivity contribution in [3.05, 3.63) is 71.9 Å². The zero-order valence-corrected chi connectivity index (χ0v) is 18.6. The van der Waals surface area contributed by atoms with E-state index in [4.69, 9.17) is 4.98 Å². The molecule has 0 unspecified atom stereocenters. The van der Waals surface area contributed by atoms with Gasteiger partial charge in [-0.2, -0.15) is 4.98 Å². The van der Waals surface area contributed by atoms with Crippen molar-refractivity contribution in [3.63, 3.8) is 0 Å². The maximum atomic E-state index is 12.4. The second kappa shape index (κ2) is 10.1. The summed E-state index contributed by atoms with van der Waals surface area (Å²) in [6.07, 6.45) is 4.89. The second-order valence-corrected chi connectivity index (χ2v) is 8.07. The molecule has 0 bridgehead atoms. The summed E-state index contributed by atoms with van der Waals surface area (Å²) in [6.45, 7) is 5.79. The predicted octanol–water partition coefficient (Wildman–Crippen LogP) is 5.72. The van der Waals surface area contributed by atoms with E-state index in [-0.39, 0.29) is 12.1 Å². The summed E-state index contributed by atoms with van der Waals surface area (Å²) in [4.78, 5) is 23.4. The van der Waals surface area contributed by atoms with Gasteiger partial charge in [0.25, 0.3) is 0 Å². The number of urea groups is 1. The van der Waals surface area contributed by atoms with Crippen molar-refractivity contribution in [2.24, 2.45) is 0 Å². The number of carbonyl (C=O) groups is 1. The van der Waals surface area contributed by atoms with Crippen LogP contribution in [0.1, 0.15) is 43.4 Å². The predicted molar refractivity (Wildman–Crippen MR) is 129 cm³/mol. The Morgan fingerprint density at radius 1 is 1.06 bits per heavy atom. The van der Waals surface area contributed by atoms with Crippen molar-refractivity contribution in [2.75, 3.05) is 29.0 Å². The standard InChI is InChI=1S/C25H30N6O/c1-3-22(19-10-5-4-6-11-19)29-23-18(2)17-26-24(30-23)27-20-12-9-13-21(16-20)28-25(32)31-14-7-8-15-31/h4-6,9-13,16-17,22H,3,7-8,14-15H2,1-2H3,(H,28,32)(H2,26,27,29,30)/t22-/m0/s1. The smallest absolute Gasteiger partial charge is 0.321 e. The van der Waals surface area contributed by atoms with E-state index in [1.54, 1.807) is 0 Å². The Kier molecular flexibility index (Phi) is 6.84. The molecule has 2 aromatic carbocycles. The Morgan fingerprint density at radius 3 is 2.56 bits per heavy atom. The maximum Gasteiger partial charge on any atom is 0.321 e. The molecule has 3 N–H and O–H groups in total. The third-order valence-corrected chi connectivity index (χ3v) is 5.66. The van der Waals surface area contributed by atoms with Crippen molar-refractivity contribution in [2.45, 2.75) is 39.2 Å². The molecule has 1 aromatic heterocycles. The lowest BCUT2D eigenvalue weighted by atomic mass is 10.0. The first-order valence-corrected chi connectivity index (χ1v) is 11.2. The fraction of sp³-hybridized carbons (Fsp3) is 0.320. The molecule has 7 heteroatoms. The van der Waals surface area contributed by atoms with Crippen LogP contribution in [0.2, 0.25) is 0 Å². The molecule has 1 aliphatic rings. The molecule has 32 heavy (non-hydrogen) atoms. The Bertz CT molecular complexity index is 1050. The summed E-state index contributed by atoms with van der Waals surface area (Å²) in [5.74, 6) is 1.31. The van der Waals surface area contributed by atoms with E-state index in [0.717, 1.165) is 55.1 Å². The highest BCUT2D eigenvalue weighted by Crippen LogP contribution is 2.25. The first-order valence-electron chi connectivity index (χ1n) is 11.2. The summed E-state index contributed by atoms with van der Waals surface area (Å²) in [7, 11) is 0. The lowest BCUT2D eigenvalue weighted by molar-refractivity contribution is 0.222. The van der Waals surface area contributed by atoms with E-state index < -0.39 is 0 Å². The highest BCUT2D eigenvalue weighted by molar-refractivity contribution is 5.90. The quantitative estimate of drug-likeness (QED) is 0.447. The summed E-state index contributed by atoms with van der Waals surface area (Å²) < 4.78 is 0. The molecule has 1 aliphatic heterocycles. The molecular weight excluding hydrogens is 400 g/mol. The first-order chi connectivity index (χ1) is 15.6. The molecule has 166 valence electrons. The number of likely N-dealkylation sites (tertiary alicyclic amines) is 1. The van der Waals surface area contributed by atoms with Gasteiger partial charge in [0.1, 0.15) is 5.82 Å². The molecule has 1 saturated heterocycles. The molecule has 2 heterocycles. The van der Waals surface area contributed by atoms with Gasteiger partial charge in [-0.25, -0.2) is 9.78 Å². The summed E-state index contributed by atoms with van der Waals surface area (Å²) >= 11 is 0. The van der Waals surface area contributed by atoms with E-state index in [1.165, 1.54) is 5.56 Å². The Hall–Kier alpha value is -3.61. The van der Waals surface area contributed by atoms with Gasteiger partial charge >= 0.3 is 6.03 Å². The van der Waals surface area contributed by atoms with E-state index in [2.05, 4.69) is 52.1 Å². The zero-order valence-electron chi connectivity index (χ0n) is 18.6. The molecule has 0 aliphatic carbocycles. The molecule has 2 amide bonds. The number of benzene rings is 2. The molecule has 7 nitrogen and oxygen atoms in total. The molecular formula is C25H30N6O. The largest absolute Gasteiger partial charge is 0.363 e. The van der Waals surface area contributed by atoms with E-state index in [9.17, 15) is 4.79 Å². The topological polar surface area (TPSA) is 82.2 Å². The third kappa shape index (κ3) is 5.35. The zero-order chi connectivity index (χ0) is 22.3. The van der Waals surface area contributed by atoms with Crippen molar-refractivity contribution in [1.82, 2.24) is 14.9 Å². The Morgan fingerprint density at radius 2 is 1.81 bits per heavy atom. The first kappa shape index (κ1) is 21.6. The maximum absolute atomic E-state index is 12.4. The van der Waals surface area contributed by atoms with Gasteiger partial charge < -0.3 is 20.9 Å². The summed E-state index contributed by atoms with van der Waals surface area (Å²) in [5, 5.41) is 9.79. The van der Waals surface area contributed by atoms with Crippen LogP contribution in [0.15, 0.2) is 60.8 Å². The second-order valence-electron chi connectivity index (χ2n) is 8.07. The van der Waals surface area contributed by atoms with Crippen LogP contribution in [0.5, 0.6) is 0 Å². The van der Waals surface area contributed by atoms with Gasteiger partial charge in [0.05, 0.1) is 6.04 Å². The number of hydrogen-bond donors (Lipinski definition) is 3. The van der Waals surface area contributed by atoms with E-state index >= 15 is 0 Å². The monoisotopic (exact) mass is 430 g/mol. The van der Waals surface area contributed by atoms with Gasteiger partial charge in [-0.3, -0.25) is 0 Å². The van der Waals surface area contributed by atoms with Crippen LogP contribution >= 0.6 is 0 Å². The Balaban J connectivity index is 1.46. The van der Waals surface area contributed by atoms with Crippen LogP contribution in [-0.2, 0) is 0 Å². The summed E-state index contributed by atoms with van der Waals surface area (Å²) in [5.41, 5.74) is 3.77. The molecule has 4 rings (SSSR count). The minimum Gasteiger partial charge on any atom is -0.363 e. The van der Waals surface area contributed by atoms with Crippen molar-refractivity contribution < 1.29 is 4.79 Å². The number of hydrogen-bond acceptors (Lipinski definition) is 5. The highest BCUT2D eigenvalue weighted by atomic mass is 16.2. The number of carbonyl (C=O) groups excluding carboxylic acids is 1. The van der Waals surface area contributed by atoms with Crippen molar-refractivity contribution in [3.8, 4) is 0 Å². The van der Waals surface area contributed by atoms with Gasteiger partial charge in [0.15, 0.2) is 0 Å². The van der Waals surface area contributed by atoms with Gasteiger partial charge in [0.2, 0.25) is 5.95 Å². The Labute approximate surface area is 189 Å². The van der Waals surface area contributed by atoms with Crippen LogP contribution in [0, 0.1) is 6.92 Å². The summed E-state index contributed by atoms with van der Waals surface area (Å²) in [6, 6.07) is 18.1. The van der Waals surface area contributed by atoms with Gasteiger partial charge in [-0.1, -0.05) is 43.3 Å². The highest BCUT2D eigenvalue weighted by Gasteiger charge is 2.18. The van der Waals surface area contributed by atoms with Gasteiger partial charge in [-0.05, 0) is 49.9 Å². The third-order valence-electron chi connectivity index (χ3n) is 5.66. The molecule has 1 atom stereocenters. The van der Waals surface area contributed by atoms with E-state index in [0.29, 0.717) is 5.95 Å². The van der Waals surface area contributed by atoms with Crippen LogP contribution in [0.25, 0.3) is 0 Å². The lowest BCUT2D eigenvalue weighted by Gasteiger charge is -2.20. The molecule has 0 radical (unpaired) electrons. The average Bonchev–Trinajstić information content (AvgIpc) is 3.35. The fourth-order valence-electron chi connectivity index (χ4n) is 3.85. The van der Waals surface area contributed by atoms with Crippen LogP contribution in [-0.4, -0.2) is 34.0 Å². The van der Waals surface area contributed by atoms with E-state index in [1.807, 2.05) is 48.4 Å². The lowest BCUT2D eigenvalue weighted by Crippen LogP contribution is -2.32. The normalized spacial score (nSPS) is 14.1. The number of rotatable bonds is 7. The molecule has 0 spiro atoms. The molecule has 1 fully saturated rings. The number of nitrogens with one attached hydrogen (secondary N) is 3. The average molecular weight is 431 g/mol. The SMILES string of the molecule is CC[C@H](Nc1nc(Nc2cccc(NC(=O)N3CCCC3)c2)ncc1C)c1ccccc1. The number of nitrogens with zero attached hydrogens (tertiary/aromatic N) is 3. The number of aryl methyl sites for hydroxylation is 1. The molecule has 3 aromatic rings. The van der Waals surface area contributed by atoms with Crippen molar-refractivity contribution in [1.29, 1.82) is 0 Å². The van der Waals surface area contributed by atoms with Crippen LogP contribution in [0.3, 0.4) is 0 Å². The van der Waals surface area contributed by atoms with Crippen LogP contribution < -0.4 is 16.0 Å². The number of amides is 2. The number of anilines is 4.